The lowest BCUT2D eigenvalue weighted by Crippen LogP contribution is -2.27. The molecular weight excluding hydrogens is 242 g/mol. The largest absolute Gasteiger partial charge is 0.383 e. The Hall–Kier alpha value is -2.63. The maximum atomic E-state index is 11.7. The third-order valence-electron chi connectivity index (χ3n) is 2.31. The number of hydrogen-bond donors (Lipinski definition) is 1. The van der Waals surface area contributed by atoms with Gasteiger partial charge in [-0.2, -0.15) is 10.5 Å². The van der Waals surface area contributed by atoms with Gasteiger partial charge in [-0.1, -0.05) is 12.1 Å². The van der Waals surface area contributed by atoms with E-state index in [1.807, 2.05) is 12.1 Å². The monoisotopic (exact) mass is 255 g/mol. The van der Waals surface area contributed by atoms with Crippen LogP contribution in [-0.2, 0) is 9.53 Å². The third kappa shape index (κ3) is 4.63. The van der Waals surface area contributed by atoms with Gasteiger partial charge in [0.2, 0.25) is 0 Å². The fraction of sp³-hybridized carbons (Fsp3) is 0.214. The number of benzene rings is 1. The van der Waals surface area contributed by atoms with E-state index < -0.39 is 5.91 Å². The van der Waals surface area contributed by atoms with Crippen molar-refractivity contribution in [1.82, 2.24) is 5.32 Å². The molecule has 19 heavy (non-hydrogen) atoms. The number of hydrogen-bond acceptors (Lipinski definition) is 4. The van der Waals surface area contributed by atoms with Crippen LogP contribution >= 0.6 is 0 Å². The Balaban J connectivity index is 2.78. The molecule has 0 unspecified atom stereocenters. The molecule has 0 saturated heterocycles. The summed E-state index contributed by atoms with van der Waals surface area (Å²) in [5.41, 5.74) is 1.23. The van der Waals surface area contributed by atoms with Crippen LogP contribution in [0.15, 0.2) is 29.8 Å². The highest BCUT2D eigenvalue weighted by atomic mass is 16.5. The molecule has 0 aliphatic carbocycles. The maximum absolute atomic E-state index is 11.7. The molecule has 1 aromatic carbocycles. The van der Waals surface area contributed by atoms with Crippen LogP contribution in [-0.4, -0.2) is 26.2 Å². The Morgan fingerprint density at radius 1 is 1.37 bits per heavy atom. The average Bonchev–Trinajstić information content (AvgIpc) is 2.45. The molecule has 1 amide bonds. The minimum absolute atomic E-state index is 0.0146. The van der Waals surface area contributed by atoms with E-state index in [4.69, 9.17) is 15.3 Å². The molecule has 1 N–H and O–H groups in total. The van der Waals surface area contributed by atoms with Crippen LogP contribution in [0.5, 0.6) is 0 Å². The summed E-state index contributed by atoms with van der Waals surface area (Å²) in [7, 11) is 1.53. The SMILES string of the molecule is COCCNC(=O)/C(C#N)=C/c1ccc(C#N)cc1. The molecule has 0 fully saturated rings. The van der Waals surface area contributed by atoms with E-state index >= 15 is 0 Å². The van der Waals surface area contributed by atoms with Gasteiger partial charge in [-0.25, -0.2) is 0 Å². The number of nitrogens with zero attached hydrogens (tertiary/aromatic N) is 2. The number of ether oxygens (including phenoxy) is 1. The molecule has 0 aliphatic rings. The molecule has 1 rings (SSSR count). The first-order valence-electron chi connectivity index (χ1n) is 5.60. The van der Waals surface area contributed by atoms with Gasteiger partial charge < -0.3 is 10.1 Å². The summed E-state index contributed by atoms with van der Waals surface area (Å²) in [6.07, 6.45) is 1.48. The van der Waals surface area contributed by atoms with Crippen LogP contribution in [0.3, 0.4) is 0 Å². The highest BCUT2D eigenvalue weighted by Gasteiger charge is 2.07. The quantitative estimate of drug-likeness (QED) is 0.487. The molecule has 0 atom stereocenters. The van der Waals surface area contributed by atoms with Crippen LogP contribution < -0.4 is 5.32 Å². The second kappa shape index (κ2) is 7.65. The number of carbonyl (C=O) groups is 1. The van der Waals surface area contributed by atoms with Crippen molar-refractivity contribution in [2.45, 2.75) is 0 Å². The Morgan fingerprint density at radius 3 is 2.58 bits per heavy atom. The van der Waals surface area contributed by atoms with E-state index in [9.17, 15) is 4.79 Å². The molecular formula is C14H13N3O2. The molecule has 5 heteroatoms. The zero-order valence-electron chi connectivity index (χ0n) is 10.5. The van der Waals surface area contributed by atoms with Crippen molar-refractivity contribution in [1.29, 1.82) is 10.5 Å². The van der Waals surface area contributed by atoms with E-state index in [2.05, 4.69) is 5.32 Å². The smallest absolute Gasteiger partial charge is 0.262 e. The molecule has 0 heterocycles. The topological polar surface area (TPSA) is 85.9 Å². The number of nitriles is 2. The van der Waals surface area contributed by atoms with E-state index in [1.165, 1.54) is 13.2 Å². The highest BCUT2D eigenvalue weighted by Crippen LogP contribution is 2.08. The molecule has 0 spiro atoms. The lowest BCUT2D eigenvalue weighted by atomic mass is 10.1. The lowest BCUT2D eigenvalue weighted by molar-refractivity contribution is -0.117. The summed E-state index contributed by atoms with van der Waals surface area (Å²) in [5.74, 6) is -0.441. The summed E-state index contributed by atoms with van der Waals surface area (Å²) in [5, 5.41) is 20.2. The second-order valence-corrected chi connectivity index (χ2v) is 3.65. The van der Waals surface area contributed by atoms with Gasteiger partial charge >= 0.3 is 0 Å². The standard InChI is InChI=1S/C14H13N3O2/c1-19-7-6-17-14(18)13(10-16)8-11-2-4-12(9-15)5-3-11/h2-5,8H,6-7H2,1H3,(H,17,18)/b13-8+. The first-order chi connectivity index (χ1) is 9.21. The molecule has 0 aliphatic heterocycles. The van der Waals surface area contributed by atoms with Gasteiger partial charge in [0.05, 0.1) is 18.2 Å². The first-order valence-corrected chi connectivity index (χ1v) is 5.60. The Labute approximate surface area is 111 Å². The molecule has 0 radical (unpaired) electrons. The van der Waals surface area contributed by atoms with E-state index in [0.29, 0.717) is 24.3 Å². The van der Waals surface area contributed by atoms with Gasteiger partial charge in [0.1, 0.15) is 11.6 Å². The zero-order chi connectivity index (χ0) is 14.1. The van der Waals surface area contributed by atoms with Gasteiger partial charge in [0, 0.05) is 13.7 Å². The van der Waals surface area contributed by atoms with Gasteiger partial charge in [-0.3, -0.25) is 4.79 Å². The molecule has 1 aromatic rings. The van der Waals surface area contributed by atoms with Crippen molar-refractivity contribution < 1.29 is 9.53 Å². The zero-order valence-corrected chi connectivity index (χ0v) is 10.5. The number of rotatable bonds is 5. The second-order valence-electron chi connectivity index (χ2n) is 3.65. The van der Waals surface area contributed by atoms with E-state index in [-0.39, 0.29) is 5.57 Å². The Kier molecular flexibility index (Phi) is 5.81. The summed E-state index contributed by atoms with van der Waals surface area (Å²) in [6, 6.07) is 10.5. The summed E-state index contributed by atoms with van der Waals surface area (Å²) < 4.78 is 4.80. The average molecular weight is 255 g/mol. The van der Waals surface area contributed by atoms with E-state index in [0.717, 1.165) is 0 Å². The lowest BCUT2D eigenvalue weighted by Gasteiger charge is -2.03. The van der Waals surface area contributed by atoms with Gasteiger partial charge in [0.25, 0.3) is 5.91 Å². The van der Waals surface area contributed by atoms with Crippen molar-refractivity contribution in [3.05, 3.63) is 41.0 Å². The van der Waals surface area contributed by atoms with Crippen LogP contribution in [0.1, 0.15) is 11.1 Å². The van der Waals surface area contributed by atoms with Gasteiger partial charge in [0.15, 0.2) is 0 Å². The normalized spacial score (nSPS) is 10.4. The summed E-state index contributed by atoms with van der Waals surface area (Å²) in [4.78, 5) is 11.7. The van der Waals surface area contributed by atoms with Crippen LogP contribution in [0.2, 0.25) is 0 Å². The Morgan fingerprint density at radius 2 is 2.05 bits per heavy atom. The highest BCUT2D eigenvalue weighted by molar-refractivity contribution is 6.01. The van der Waals surface area contributed by atoms with Gasteiger partial charge in [-0.05, 0) is 23.8 Å². The van der Waals surface area contributed by atoms with Crippen molar-refractivity contribution in [3.63, 3.8) is 0 Å². The molecule has 96 valence electrons. The first kappa shape index (κ1) is 14.4. The van der Waals surface area contributed by atoms with Crippen molar-refractivity contribution in [3.8, 4) is 12.1 Å². The minimum atomic E-state index is -0.441. The minimum Gasteiger partial charge on any atom is -0.383 e. The molecule has 0 bridgehead atoms. The van der Waals surface area contributed by atoms with Crippen molar-refractivity contribution >= 4 is 12.0 Å². The maximum Gasteiger partial charge on any atom is 0.262 e. The van der Waals surface area contributed by atoms with Crippen LogP contribution in [0, 0.1) is 22.7 Å². The molecule has 0 saturated carbocycles. The summed E-state index contributed by atoms with van der Waals surface area (Å²) >= 11 is 0. The van der Waals surface area contributed by atoms with Crippen molar-refractivity contribution in [2.24, 2.45) is 0 Å². The van der Waals surface area contributed by atoms with Crippen LogP contribution in [0.4, 0.5) is 0 Å². The van der Waals surface area contributed by atoms with E-state index in [1.54, 1.807) is 24.3 Å². The predicted molar refractivity (Wildman–Crippen MR) is 69.6 cm³/mol. The number of carbonyl (C=O) groups excluding carboxylic acids is 1. The number of nitrogens with one attached hydrogen (secondary N) is 1. The molecule has 0 aromatic heterocycles. The van der Waals surface area contributed by atoms with Crippen molar-refractivity contribution in [2.75, 3.05) is 20.3 Å². The van der Waals surface area contributed by atoms with Gasteiger partial charge in [-0.15, -0.1) is 0 Å². The Bertz CT molecular complexity index is 548. The fourth-order valence-electron chi connectivity index (χ4n) is 1.33. The molecule has 5 nitrogen and oxygen atoms in total. The third-order valence-corrected chi connectivity index (χ3v) is 2.31. The predicted octanol–water partition coefficient (Wildman–Crippen LogP) is 1.23. The van der Waals surface area contributed by atoms with Crippen LogP contribution in [0.25, 0.3) is 6.08 Å². The number of amides is 1. The summed E-state index contributed by atoms with van der Waals surface area (Å²) in [6.45, 7) is 0.739. The number of methoxy groups -OCH3 is 1. The fourth-order valence-corrected chi connectivity index (χ4v) is 1.33.